The summed E-state index contributed by atoms with van der Waals surface area (Å²) in [6, 6.07) is 1.40. The average molecular weight is 295 g/mol. The molecular formula is C12H14ClF3N2O. The van der Waals surface area contributed by atoms with E-state index >= 15 is 0 Å². The number of halogens is 4. The Balaban J connectivity index is 2.53. The summed E-state index contributed by atoms with van der Waals surface area (Å²) in [7, 11) is 0. The van der Waals surface area contributed by atoms with Gasteiger partial charge in [0.1, 0.15) is 5.92 Å². The van der Waals surface area contributed by atoms with Gasteiger partial charge in [-0.3, -0.25) is 0 Å². The maximum absolute atomic E-state index is 12.9. The third-order valence-electron chi connectivity index (χ3n) is 3.25. The first-order valence-corrected chi connectivity index (χ1v) is 6.15. The van der Waals surface area contributed by atoms with Crippen molar-refractivity contribution in [2.75, 3.05) is 13.2 Å². The second kappa shape index (κ2) is 4.52. The second-order valence-corrected chi connectivity index (χ2v) is 5.58. The predicted molar refractivity (Wildman–Crippen MR) is 65.6 cm³/mol. The van der Waals surface area contributed by atoms with Gasteiger partial charge in [0.25, 0.3) is 0 Å². The molecule has 1 aliphatic heterocycles. The highest BCUT2D eigenvalue weighted by Crippen LogP contribution is 2.44. The Morgan fingerprint density at radius 1 is 1.53 bits per heavy atom. The Kier molecular flexibility index (Phi) is 3.43. The number of aromatic nitrogens is 1. The zero-order valence-electron chi connectivity index (χ0n) is 10.5. The highest BCUT2D eigenvalue weighted by atomic mass is 35.5. The van der Waals surface area contributed by atoms with Crippen LogP contribution in [0.2, 0.25) is 5.15 Å². The molecule has 0 amide bonds. The number of nitrogens with two attached hydrogens (primary N) is 1. The molecule has 7 heteroatoms. The van der Waals surface area contributed by atoms with E-state index in [1.807, 2.05) is 13.8 Å². The van der Waals surface area contributed by atoms with E-state index < -0.39 is 18.6 Å². The SMILES string of the molecule is CC1(C)COc2c1cc(C(CN)C(F)(F)F)nc2Cl. The smallest absolute Gasteiger partial charge is 0.398 e. The molecule has 1 aromatic heterocycles. The van der Waals surface area contributed by atoms with E-state index in [-0.39, 0.29) is 16.3 Å². The summed E-state index contributed by atoms with van der Waals surface area (Å²) in [5.41, 5.74) is 5.32. The molecule has 2 rings (SSSR count). The van der Waals surface area contributed by atoms with E-state index in [1.54, 1.807) is 0 Å². The molecule has 0 spiro atoms. The lowest BCUT2D eigenvalue weighted by Gasteiger charge is -2.21. The van der Waals surface area contributed by atoms with E-state index in [4.69, 9.17) is 22.1 Å². The maximum atomic E-state index is 12.9. The summed E-state index contributed by atoms with van der Waals surface area (Å²) in [6.45, 7) is 3.56. The number of alkyl halides is 3. The lowest BCUT2D eigenvalue weighted by molar-refractivity contribution is -0.148. The van der Waals surface area contributed by atoms with E-state index in [9.17, 15) is 13.2 Å². The molecule has 106 valence electrons. The van der Waals surface area contributed by atoms with Crippen LogP contribution in [0.15, 0.2) is 6.07 Å². The Bertz CT molecular complexity index is 502. The molecule has 2 N–H and O–H groups in total. The van der Waals surface area contributed by atoms with Crippen molar-refractivity contribution in [3.05, 3.63) is 22.5 Å². The van der Waals surface area contributed by atoms with Gasteiger partial charge in [0.05, 0.1) is 12.3 Å². The van der Waals surface area contributed by atoms with Crippen LogP contribution in [0, 0.1) is 0 Å². The van der Waals surface area contributed by atoms with Gasteiger partial charge in [-0.2, -0.15) is 13.2 Å². The monoisotopic (exact) mass is 294 g/mol. The van der Waals surface area contributed by atoms with Crippen molar-refractivity contribution in [1.82, 2.24) is 4.98 Å². The van der Waals surface area contributed by atoms with Crippen molar-refractivity contribution < 1.29 is 17.9 Å². The van der Waals surface area contributed by atoms with Crippen molar-refractivity contribution in [2.45, 2.75) is 31.4 Å². The van der Waals surface area contributed by atoms with E-state index in [2.05, 4.69) is 4.98 Å². The van der Waals surface area contributed by atoms with Crippen LogP contribution in [-0.4, -0.2) is 24.3 Å². The first kappa shape index (κ1) is 14.4. The van der Waals surface area contributed by atoms with E-state index in [0.29, 0.717) is 17.9 Å². The number of nitrogens with zero attached hydrogens (tertiary/aromatic N) is 1. The molecule has 0 saturated heterocycles. The van der Waals surface area contributed by atoms with Gasteiger partial charge in [-0.05, 0) is 6.07 Å². The number of hydrogen-bond donors (Lipinski definition) is 1. The molecule has 1 unspecified atom stereocenters. The van der Waals surface area contributed by atoms with Gasteiger partial charge in [-0.15, -0.1) is 0 Å². The first-order valence-electron chi connectivity index (χ1n) is 5.77. The van der Waals surface area contributed by atoms with Crippen LogP contribution in [0.3, 0.4) is 0 Å². The van der Waals surface area contributed by atoms with Gasteiger partial charge in [0, 0.05) is 17.5 Å². The fourth-order valence-electron chi connectivity index (χ4n) is 2.09. The lowest BCUT2D eigenvalue weighted by atomic mass is 9.86. The van der Waals surface area contributed by atoms with Crippen molar-refractivity contribution >= 4 is 11.6 Å². The second-order valence-electron chi connectivity index (χ2n) is 5.22. The largest absolute Gasteiger partial charge is 0.489 e. The summed E-state index contributed by atoms with van der Waals surface area (Å²) in [5.74, 6) is -1.44. The van der Waals surface area contributed by atoms with Crippen molar-refractivity contribution in [2.24, 2.45) is 5.73 Å². The number of fused-ring (bicyclic) bond motifs is 1. The Morgan fingerprint density at radius 2 is 2.16 bits per heavy atom. The number of hydrogen-bond acceptors (Lipinski definition) is 3. The topological polar surface area (TPSA) is 48.1 Å². The fourth-order valence-corrected chi connectivity index (χ4v) is 2.35. The lowest BCUT2D eigenvalue weighted by Crippen LogP contribution is -2.29. The maximum Gasteiger partial charge on any atom is 0.398 e. The van der Waals surface area contributed by atoms with Crippen LogP contribution < -0.4 is 10.5 Å². The molecule has 1 aliphatic rings. The van der Waals surface area contributed by atoms with Gasteiger partial charge in [0.2, 0.25) is 0 Å². The van der Waals surface area contributed by atoms with Crippen molar-refractivity contribution in [1.29, 1.82) is 0 Å². The van der Waals surface area contributed by atoms with E-state index in [0.717, 1.165) is 0 Å². The minimum absolute atomic E-state index is 0.0409. The average Bonchev–Trinajstić information content (AvgIpc) is 2.54. The van der Waals surface area contributed by atoms with Gasteiger partial charge in [-0.25, -0.2) is 4.98 Å². The third kappa shape index (κ3) is 2.51. The Labute approximate surface area is 113 Å². The standard InChI is InChI=1S/C12H14ClF3N2O/c1-11(2)5-19-9-6(11)3-8(18-10(9)13)7(4-17)12(14,15)16/h3,7H,4-5,17H2,1-2H3. The fraction of sp³-hybridized carbons (Fsp3) is 0.583. The van der Waals surface area contributed by atoms with Gasteiger partial charge in [-0.1, -0.05) is 25.4 Å². The Hall–Kier alpha value is -1.01. The third-order valence-corrected chi connectivity index (χ3v) is 3.50. The normalized spacial score (nSPS) is 18.9. The molecule has 0 aromatic carbocycles. The van der Waals surface area contributed by atoms with Crippen LogP contribution in [0.4, 0.5) is 13.2 Å². The highest BCUT2D eigenvalue weighted by molar-refractivity contribution is 6.31. The minimum Gasteiger partial charge on any atom is -0.489 e. The highest BCUT2D eigenvalue weighted by Gasteiger charge is 2.43. The molecule has 19 heavy (non-hydrogen) atoms. The number of rotatable bonds is 2. The van der Waals surface area contributed by atoms with Gasteiger partial charge in [0.15, 0.2) is 10.9 Å². The van der Waals surface area contributed by atoms with Crippen LogP contribution in [0.1, 0.15) is 31.0 Å². The summed E-state index contributed by atoms with van der Waals surface area (Å²) in [5, 5.41) is -0.0409. The van der Waals surface area contributed by atoms with Gasteiger partial charge < -0.3 is 10.5 Å². The minimum atomic E-state index is -4.44. The molecule has 0 radical (unpaired) electrons. The zero-order chi connectivity index (χ0) is 14.4. The Morgan fingerprint density at radius 3 is 2.68 bits per heavy atom. The van der Waals surface area contributed by atoms with Crippen molar-refractivity contribution in [3.8, 4) is 5.75 Å². The molecule has 3 nitrogen and oxygen atoms in total. The number of pyridine rings is 1. The van der Waals surface area contributed by atoms with E-state index in [1.165, 1.54) is 6.07 Å². The molecule has 0 bridgehead atoms. The molecule has 1 atom stereocenters. The molecule has 0 saturated carbocycles. The summed E-state index contributed by atoms with van der Waals surface area (Å²) in [4.78, 5) is 3.79. The molecular weight excluding hydrogens is 281 g/mol. The van der Waals surface area contributed by atoms with Crippen LogP contribution >= 0.6 is 11.6 Å². The zero-order valence-corrected chi connectivity index (χ0v) is 11.3. The van der Waals surface area contributed by atoms with Crippen LogP contribution in [0.5, 0.6) is 5.75 Å². The predicted octanol–water partition coefficient (Wildman–Crippen LogP) is 3.01. The number of ether oxygens (including phenoxy) is 1. The summed E-state index contributed by atoms with van der Waals surface area (Å²) in [6.07, 6.45) is -4.44. The molecule has 1 aromatic rings. The summed E-state index contributed by atoms with van der Waals surface area (Å²) < 4.78 is 44.1. The van der Waals surface area contributed by atoms with Crippen LogP contribution in [0.25, 0.3) is 0 Å². The van der Waals surface area contributed by atoms with Gasteiger partial charge >= 0.3 is 6.18 Å². The molecule has 0 fully saturated rings. The quantitative estimate of drug-likeness (QED) is 0.853. The molecule has 2 heterocycles. The molecule has 0 aliphatic carbocycles. The first-order chi connectivity index (χ1) is 8.66. The van der Waals surface area contributed by atoms with Crippen LogP contribution in [-0.2, 0) is 5.41 Å². The summed E-state index contributed by atoms with van der Waals surface area (Å²) >= 11 is 5.91. The van der Waals surface area contributed by atoms with Crippen molar-refractivity contribution in [3.63, 3.8) is 0 Å².